The zero-order valence-corrected chi connectivity index (χ0v) is 8.70. The number of hydrogen-bond donors (Lipinski definition) is 0. The fourth-order valence-electron chi connectivity index (χ4n) is 1.12. The molecule has 1 heterocycles. The molecule has 0 bridgehead atoms. The van der Waals surface area contributed by atoms with Crippen LogP contribution >= 0.6 is 0 Å². The zero-order chi connectivity index (χ0) is 10.4. The average molecular weight is 185 g/mol. The highest BCUT2D eigenvalue weighted by atomic mass is 14.7. The topological polar surface area (TPSA) is 12.9 Å². The van der Waals surface area contributed by atoms with Gasteiger partial charge in [-0.05, 0) is 37.1 Å². The minimum Gasteiger partial charge on any atom is -0.257 e. The highest BCUT2D eigenvalue weighted by Gasteiger charge is 1.94. The second-order valence-corrected chi connectivity index (χ2v) is 3.19. The van der Waals surface area contributed by atoms with Gasteiger partial charge in [0, 0.05) is 6.20 Å². The summed E-state index contributed by atoms with van der Waals surface area (Å²) < 4.78 is 0. The van der Waals surface area contributed by atoms with Gasteiger partial charge in [-0.1, -0.05) is 30.9 Å². The summed E-state index contributed by atoms with van der Waals surface area (Å²) in [6.45, 7) is 7.73. The number of aryl methyl sites for hydroxylation is 1. The van der Waals surface area contributed by atoms with Crippen molar-refractivity contribution in [3.05, 3.63) is 60.5 Å². The molecule has 72 valence electrons. The first-order chi connectivity index (χ1) is 6.74. The van der Waals surface area contributed by atoms with Crippen molar-refractivity contribution in [3.8, 4) is 0 Å². The molecule has 0 atom stereocenters. The standard InChI is InChI=1S/C13H15N/c1-4-5-6-7-12(3)13-10-11(2)8-9-14-13/h4-10H,1H2,2-3H3/b6-5-,12-7+. The van der Waals surface area contributed by atoms with Crippen molar-refractivity contribution in [2.75, 3.05) is 0 Å². The molecule has 1 nitrogen and oxygen atoms in total. The summed E-state index contributed by atoms with van der Waals surface area (Å²) in [4.78, 5) is 4.29. The average Bonchev–Trinajstić information content (AvgIpc) is 2.18. The van der Waals surface area contributed by atoms with Gasteiger partial charge in [-0.3, -0.25) is 4.98 Å². The lowest BCUT2D eigenvalue weighted by Gasteiger charge is -1.99. The number of nitrogens with zero attached hydrogens (tertiary/aromatic N) is 1. The molecule has 14 heavy (non-hydrogen) atoms. The minimum absolute atomic E-state index is 1.03. The molecule has 0 aliphatic carbocycles. The van der Waals surface area contributed by atoms with E-state index in [0.29, 0.717) is 0 Å². The van der Waals surface area contributed by atoms with Crippen LogP contribution in [0.1, 0.15) is 18.2 Å². The molecule has 0 radical (unpaired) electrons. The van der Waals surface area contributed by atoms with Gasteiger partial charge in [0.25, 0.3) is 0 Å². The number of hydrogen-bond acceptors (Lipinski definition) is 1. The van der Waals surface area contributed by atoms with E-state index in [2.05, 4.69) is 31.5 Å². The van der Waals surface area contributed by atoms with E-state index in [1.165, 1.54) is 5.56 Å². The molecule has 1 aromatic rings. The van der Waals surface area contributed by atoms with E-state index in [0.717, 1.165) is 11.3 Å². The maximum absolute atomic E-state index is 4.29. The third-order valence-corrected chi connectivity index (χ3v) is 1.91. The van der Waals surface area contributed by atoms with Gasteiger partial charge in [0.2, 0.25) is 0 Å². The summed E-state index contributed by atoms with van der Waals surface area (Å²) in [6, 6.07) is 4.07. The Morgan fingerprint density at radius 3 is 2.86 bits per heavy atom. The number of aromatic nitrogens is 1. The smallest absolute Gasteiger partial charge is 0.0661 e. The summed E-state index contributed by atoms with van der Waals surface area (Å²) in [5, 5.41) is 0. The Hall–Kier alpha value is -1.63. The van der Waals surface area contributed by atoms with Crippen molar-refractivity contribution in [2.24, 2.45) is 0 Å². The first-order valence-electron chi connectivity index (χ1n) is 4.63. The summed E-state index contributed by atoms with van der Waals surface area (Å²) in [5.41, 5.74) is 3.42. The Bertz CT molecular complexity index is 373. The summed E-state index contributed by atoms with van der Waals surface area (Å²) >= 11 is 0. The van der Waals surface area contributed by atoms with Gasteiger partial charge in [-0.2, -0.15) is 0 Å². The van der Waals surface area contributed by atoms with Crippen LogP contribution in [0.4, 0.5) is 0 Å². The monoisotopic (exact) mass is 185 g/mol. The minimum atomic E-state index is 1.03. The van der Waals surface area contributed by atoms with Crippen molar-refractivity contribution in [2.45, 2.75) is 13.8 Å². The van der Waals surface area contributed by atoms with Crippen molar-refractivity contribution in [1.29, 1.82) is 0 Å². The highest BCUT2D eigenvalue weighted by Crippen LogP contribution is 2.11. The molecule has 0 aromatic carbocycles. The van der Waals surface area contributed by atoms with E-state index >= 15 is 0 Å². The van der Waals surface area contributed by atoms with E-state index in [-0.39, 0.29) is 0 Å². The second-order valence-electron chi connectivity index (χ2n) is 3.19. The van der Waals surface area contributed by atoms with Crippen LogP contribution in [0.2, 0.25) is 0 Å². The Morgan fingerprint density at radius 1 is 1.43 bits per heavy atom. The van der Waals surface area contributed by atoms with Crippen molar-refractivity contribution in [3.63, 3.8) is 0 Å². The molecule has 0 aliphatic rings. The number of pyridine rings is 1. The predicted molar refractivity (Wildman–Crippen MR) is 62.0 cm³/mol. The van der Waals surface area contributed by atoms with Gasteiger partial charge in [0.15, 0.2) is 0 Å². The molecule has 0 spiro atoms. The van der Waals surface area contributed by atoms with Gasteiger partial charge >= 0.3 is 0 Å². The lowest BCUT2D eigenvalue weighted by Crippen LogP contribution is -1.85. The first kappa shape index (κ1) is 10.5. The van der Waals surface area contributed by atoms with Crippen molar-refractivity contribution in [1.82, 2.24) is 4.98 Å². The molecule has 0 saturated carbocycles. The molecule has 0 unspecified atom stereocenters. The molecule has 0 N–H and O–H groups in total. The van der Waals surface area contributed by atoms with Crippen LogP contribution in [0.25, 0.3) is 5.57 Å². The second kappa shape index (κ2) is 5.18. The largest absolute Gasteiger partial charge is 0.257 e. The van der Waals surface area contributed by atoms with E-state index in [9.17, 15) is 0 Å². The molecular weight excluding hydrogens is 170 g/mol. The lowest BCUT2D eigenvalue weighted by molar-refractivity contribution is 1.23. The lowest BCUT2D eigenvalue weighted by atomic mass is 10.1. The van der Waals surface area contributed by atoms with Crippen LogP contribution in [-0.2, 0) is 0 Å². The van der Waals surface area contributed by atoms with E-state index in [1.54, 1.807) is 6.08 Å². The molecule has 1 aromatic heterocycles. The molecule has 1 rings (SSSR count). The van der Waals surface area contributed by atoms with Gasteiger partial charge in [-0.15, -0.1) is 0 Å². The molecule has 0 amide bonds. The number of rotatable bonds is 3. The SMILES string of the molecule is C=C/C=C\C=C(/C)c1cc(C)ccn1. The molecule has 0 fully saturated rings. The highest BCUT2D eigenvalue weighted by molar-refractivity contribution is 5.62. The van der Waals surface area contributed by atoms with Crippen LogP contribution < -0.4 is 0 Å². The van der Waals surface area contributed by atoms with Crippen molar-refractivity contribution < 1.29 is 0 Å². The van der Waals surface area contributed by atoms with E-state index in [4.69, 9.17) is 0 Å². The maximum atomic E-state index is 4.29. The molecule has 1 heteroatoms. The van der Waals surface area contributed by atoms with Crippen LogP contribution in [-0.4, -0.2) is 4.98 Å². The first-order valence-corrected chi connectivity index (χ1v) is 4.63. The van der Waals surface area contributed by atoms with Gasteiger partial charge < -0.3 is 0 Å². The fourth-order valence-corrected chi connectivity index (χ4v) is 1.12. The van der Waals surface area contributed by atoms with Crippen LogP contribution in [0.15, 0.2) is 49.2 Å². The Labute approximate surface area is 85.5 Å². The third-order valence-electron chi connectivity index (χ3n) is 1.91. The van der Waals surface area contributed by atoms with Crippen LogP contribution in [0.3, 0.4) is 0 Å². The van der Waals surface area contributed by atoms with Gasteiger partial charge in [-0.25, -0.2) is 0 Å². The normalized spacial score (nSPS) is 12.0. The zero-order valence-electron chi connectivity index (χ0n) is 8.70. The Balaban J connectivity index is 2.88. The maximum Gasteiger partial charge on any atom is 0.0661 e. The van der Waals surface area contributed by atoms with Crippen LogP contribution in [0, 0.1) is 6.92 Å². The van der Waals surface area contributed by atoms with E-state index < -0.39 is 0 Å². The molecule has 0 aliphatic heterocycles. The van der Waals surface area contributed by atoms with Crippen LogP contribution in [0.5, 0.6) is 0 Å². The van der Waals surface area contributed by atoms with Gasteiger partial charge in [0.05, 0.1) is 5.69 Å². The molecule has 0 saturated heterocycles. The van der Waals surface area contributed by atoms with Crippen molar-refractivity contribution >= 4 is 5.57 Å². The fraction of sp³-hybridized carbons (Fsp3) is 0.154. The third kappa shape index (κ3) is 3.02. The Kier molecular flexibility index (Phi) is 3.86. The summed E-state index contributed by atoms with van der Waals surface area (Å²) in [5.74, 6) is 0. The summed E-state index contributed by atoms with van der Waals surface area (Å²) in [7, 11) is 0. The summed E-state index contributed by atoms with van der Waals surface area (Å²) in [6.07, 6.45) is 9.49. The Morgan fingerprint density at radius 2 is 2.21 bits per heavy atom. The predicted octanol–water partition coefficient (Wildman–Crippen LogP) is 3.54. The molecular formula is C13H15N. The van der Waals surface area contributed by atoms with Gasteiger partial charge in [0.1, 0.15) is 0 Å². The van der Waals surface area contributed by atoms with E-state index in [1.807, 2.05) is 30.5 Å². The number of allylic oxidation sites excluding steroid dienone is 5. The quantitative estimate of drug-likeness (QED) is 0.656.